The molecule has 0 spiro atoms. The standard InChI is InChI=1S/C6H8O3/c1-4-5(9-4)2-3-6(7)8/h2-5H,1H3,(H,7,8). The van der Waals surface area contributed by atoms with Gasteiger partial charge in [0.25, 0.3) is 0 Å². The summed E-state index contributed by atoms with van der Waals surface area (Å²) in [5, 5.41) is 8.13. The second-order valence-corrected chi connectivity index (χ2v) is 2.00. The fourth-order valence-electron chi connectivity index (χ4n) is 0.581. The molecule has 0 radical (unpaired) electrons. The van der Waals surface area contributed by atoms with Crippen molar-refractivity contribution >= 4 is 5.97 Å². The van der Waals surface area contributed by atoms with Gasteiger partial charge in [0, 0.05) is 6.08 Å². The molecule has 1 fully saturated rings. The first-order valence-electron chi connectivity index (χ1n) is 2.77. The molecule has 0 bridgehead atoms. The highest BCUT2D eigenvalue weighted by atomic mass is 16.6. The van der Waals surface area contributed by atoms with Gasteiger partial charge in [0.05, 0.1) is 6.10 Å². The normalized spacial score (nSPS) is 33.0. The van der Waals surface area contributed by atoms with Crippen LogP contribution in [0.1, 0.15) is 6.92 Å². The van der Waals surface area contributed by atoms with Crippen LogP contribution in [0.25, 0.3) is 0 Å². The van der Waals surface area contributed by atoms with Crippen molar-refractivity contribution < 1.29 is 14.6 Å². The maximum atomic E-state index is 9.90. The Labute approximate surface area is 52.9 Å². The Bertz CT molecular complexity index is 150. The summed E-state index contributed by atoms with van der Waals surface area (Å²) in [5.74, 6) is -0.919. The summed E-state index contributed by atoms with van der Waals surface area (Å²) in [6.07, 6.45) is 2.91. The third-order valence-corrected chi connectivity index (χ3v) is 1.19. The van der Waals surface area contributed by atoms with E-state index in [0.717, 1.165) is 6.08 Å². The van der Waals surface area contributed by atoms with Crippen LogP contribution >= 0.6 is 0 Å². The number of carboxylic acids is 1. The fraction of sp³-hybridized carbons (Fsp3) is 0.500. The van der Waals surface area contributed by atoms with Gasteiger partial charge in [0.2, 0.25) is 0 Å². The molecule has 0 amide bonds. The van der Waals surface area contributed by atoms with Gasteiger partial charge >= 0.3 is 5.97 Å². The van der Waals surface area contributed by atoms with Crippen LogP contribution in [-0.2, 0) is 9.53 Å². The molecular formula is C6H8O3. The van der Waals surface area contributed by atoms with Crippen LogP contribution in [0.15, 0.2) is 12.2 Å². The van der Waals surface area contributed by atoms with Gasteiger partial charge in [-0.25, -0.2) is 4.79 Å². The first-order valence-corrected chi connectivity index (χ1v) is 2.77. The Hall–Kier alpha value is -0.830. The monoisotopic (exact) mass is 128 g/mol. The number of hydrogen-bond acceptors (Lipinski definition) is 2. The minimum absolute atomic E-state index is 0.0427. The molecule has 0 aliphatic carbocycles. The van der Waals surface area contributed by atoms with E-state index in [1.54, 1.807) is 6.08 Å². The van der Waals surface area contributed by atoms with Gasteiger partial charge in [0.1, 0.15) is 6.10 Å². The third kappa shape index (κ3) is 1.85. The molecule has 3 nitrogen and oxygen atoms in total. The molecule has 1 N–H and O–H groups in total. The predicted molar refractivity (Wildman–Crippen MR) is 31.1 cm³/mol. The highest BCUT2D eigenvalue weighted by Gasteiger charge is 2.31. The summed E-state index contributed by atoms with van der Waals surface area (Å²) in [5.41, 5.74) is 0. The lowest BCUT2D eigenvalue weighted by molar-refractivity contribution is -0.131. The van der Waals surface area contributed by atoms with Crippen molar-refractivity contribution in [2.75, 3.05) is 0 Å². The van der Waals surface area contributed by atoms with Crippen molar-refractivity contribution in [2.45, 2.75) is 19.1 Å². The van der Waals surface area contributed by atoms with Crippen LogP contribution in [0.5, 0.6) is 0 Å². The Morgan fingerprint density at radius 3 is 2.67 bits per heavy atom. The van der Waals surface area contributed by atoms with E-state index < -0.39 is 5.97 Å². The first kappa shape index (κ1) is 6.29. The molecule has 9 heavy (non-hydrogen) atoms. The maximum absolute atomic E-state index is 9.90. The van der Waals surface area contributed by atoms with Crippen LogP contribution in [-0.4, -0.2) is 23.3 Å². The Balaban J connectivity index is 2.25. The molecule has 0 saturated carbocycles. The predicted octanol–water partition coefficient (Wildman–Crippen LogP) is 0.414. The van der Waals surface area contributed by atoms with Crippen LogP contribution < -0.4 is 0 Å². The topological polar surface area (TPSA) is 49.8 Å². The molecule has 2 atom stereocenters. The average molecular weight is 128 g/mol. The van der Waals surface area contributed by atoms with E-state index in [1.807, 2.05) is 6.92 Å². The lowest BCUT2D eigenvalue weighted by atomic mass is 10.3. The smallest absolute Gasteiger partial charge is 0.328 e. The molecule has 2 unspecified atom stereocenters. The highest BCUT2D eigenvalue weighted by Crippen LogP contribution is 2.21. The summed E-state index contributed by atoms with van der Waals surface area (Å²) >= 11 is 0. The van der Waals surface area contributed by atoms with E-state index in [9.17, 15) is 4.79 Å². The van der Waals surface area contributed by atoms with Crippen molar-refractivity contribution in [2.24, 2.45) is 0 Å². The number of carbonyl (C=O) groups is 1. The van der Waals surface area contributed by atoms with E-state index >= 15 is 0 Å². The van der Waals surface area contributed by atoms with E-state index in [0.29, 0.717) is 0 Å². The van der Waals surface area contributed by atoms with Crippen molar-refractivity contribution in [1.82, 2.24) is 0 Å². The SMILES string of the molecule is CC1OC1C=CC(=O)O. The van der Waals surface area contributed by atoms with Crippen molar-refractivity contribution in [3.8, 4) is 0 Å². The van der Waals surface area contributed by atoms with E-state index in [-0.39, 0.29) is 12.2 Å². The molecule has 1 aliphatic rings. The van der Waals surface area contributed by atoms with Crippen LogP contribution in [0.4, 0.5) is 0 Å². The van der Waals surface area contributed by atoms with E-state index in [1.165, 1.54) is 0 Å². The third-order valence-electron chi connectivity index (χ3n) is 1.19. The van der Waals surface area contributed by atoms with Gasteiger partial charge in [-0.15, -0.1) is 0 Å². The Morgan fingerprint density at radius 2 is 2.33 bits per heavy atom. The Morgan fingerprint density at radius 1 is 1.78 bits per heavy atom. The van der Waals surface area contributed by atoms with Crippen molar-refractivity contribution in [3.05, 3.63) is 12.2 Å². The van der Waals surface area contributed by atoms with Crippen molar-refractivity contribution in [1.29, 1.82) is 0 Å². The molecule has 0 aromatic heterocycles. The number of rotatable bonds is 2. The second kappa shape index (κ2) is 2.19. The van der Waals surface area contributed by atoms with Gasteiger partial charge in [0.15, 0.2) is 0 Å². The summed E-state index contributed by atoms with van der Waals surface area (Å²) in [4.78, 5) is 9.90. The number of aliphatic carboxylic acids is 1. The average Bonchev–Trinajstić information content (AvgIpc) is 2.42. The second-order valence-electron chi connectivity index (χ2n) is 2.00. The fourth-order valence-corrected chi connectivity index (χ4v) is 0.581. The number of hydrogen-bond donors (Lipinski definition) is 1. The molecule has 1 saturated heterocycles. The minimum atomic E-state index is -0.919. The van der Waals surface area contributed by atoms with E-state index in [4.69, 9.17) is 9.84 Å². The van der Waals surface area contributed by atoms with Crippen LogP contribution in [0.3, 0.4) is 0 Å². The van der Waals surface area contributed by atoms with Gasteiger partial charge in [-0.3, -0.25) is 0 Å². The summed E-state index contributed by atoms with van der Waals surface area (Å²) < 4.78 is 4.92. The largest absolute Gasteiger partial charge is 0.478 e. The molecule has 0 aromatic rings. The number of epoxide rings is 1. The summed E-state index contributed by atoms with van der Waals surface area (Å²) in [7, 11) is 0. The molecule has 50 valence electrons. The lowest BCUT2D eigenvalue weighted by Crippen LogP contribution is -1.89. The maximum Gasteiger partial charge on any atom is 0.328 e. The van der Waals surface area contributed by atoms with Gasteiger partial charge in [-0.2, -0.15) is 0 Å². The van der Waals surface area contributed by atoms with Gasteiger partial charge < -0.3 is 9.84 Å². The Kier molecular flexibility index (Phi) is 1.53. The zero-order chi connectivity index (χ0) is 6.85. The van der Waals surface area contributed by atoms with Crippen molar-refractivity contribution in [3.63, 3.8) is 0 Å². The van der Waals surface area contributed by atoms with Gasteiger partial charge in [-0.1, -0.05) is 0 Å². The molecule has 3 heteroatoms. The number of carboxylic acid groups (broad SMARTS) is 1. The lowest BCUT2D eigenvalue weighted by Gasteiger charge is -1.75. The van der Waals surface area contributed by atoms with E-state index in [2.05, 4.69) is 0 Å². The summed E-state index contributed by atoms with van der Waals surface area (Å²) in [6, 6.07) is 0. The van der Waals surface area contributed by atoms with Crippen LogP contribution in [0.2, 0.25) is 0 Å². The van der Waals surface area contributed by atoms with Crippen LogP contribution in [0, 0.1) is 0 Å². The minimum Gasteiger partial charge on any atom is -0.478 e. The zero-order valence-corrected chi connectivity index (χ0v) is 5.07. The summed E-state index contributed by atoms with van der Waals surface area (Å²) in [6.45, 7) is 1.90. The van der Waals surface area contributed by atoms with Gasteiger partial charge in [-0.05, 0) is 13.0 Å². The number of ether oxygens (including phenoxy) is 1. The first-order chi connectivity index (χ1) is 4.20. The molecular weight excluding hydrogens is 120 g/mol. The quantitative estimate of drug-likeness (QED) is 0.433. The molecule has 0 aromatic carbocycles. The zero-order valence-electron chi connectivity index (χ0n) is 5.07. The highest BCUT2D eigenvalue weighted by molar-refractivity contribution is 5.79. The molecule has 1 heterocycles. The molecule has 1 rings (SSSR count). The molecule has 1 aliphatic heterocycles.